The summed E-state index contributed by atoms with van der Waals surface area (Å²) in [4.78, 5) is 0. The van der Waals surface area contributed by atoms with Gasteiger partial charge in [-0.25, -0.2) is 0 Å². The van der Waals surface area contributed by atoms with Crippen LogP contribution in [0.1, 0.15) is 0 Å². The van der Waals surface area contributed by atoms with E-state index in [-0.39, 0.29) is 11.5 Å². The van der Waals surface area contributed by atoms with Crippen molar-refractivity contribution in [2.24, 2.45) is 10.2 Å². The molecule has 0 aliphatic carbocycles. The predicted molar refractivity (Wildman–Crippen MR) is 95.4 cm³/mol. The second-order valence-electron chi connectivity index (χ2n) is 5.50. The zero-order chi connectivity index (χ0) is 16.5. The maximum absolute atomic E-state index is 9.95. The van der Waals surface area contributed by atoms with Crippen LogP contribution in [0.15, 0.2) is 83.0 Å². The molecule has 2 N–H and O–H groups in total. The first-order valence-electron chi connectivity index (χ1n) is 7.57. The molecule has 116 valence electrons. The lowest BCUT2D eigenvalue weighted by Crippen LogP contribution is -1.76. The van der Waals surface area contributed by atoms with E-state index in [0.717, 1.165) is 21.5 Å². The maximum Gasteiger partial charge on any atom is 0.123 e. The maximum atomic E-state index is 9.95. The SMILES string of the molecule is Oc1ccc(N=Nc2ccc(O)c3ccccc23)c2ccccc12. The van der Waals surface area contributed by atoms with Gasteiger partial charge in [0.2, 0.25) is 0 Å². The van der Waals surface area contributed by atoms with Gasteiger partial charge in [-0.1, -0.05) is 48.5 Å². The summed E-state index contributed by atoms with van der Waals surface area (Å²) in [6, 6.07) is 21.8. The third-order valence-corrected chi connectivity index (χ3v) is 4.02. The molecule has 0 saturated carbocycles. The van der Waals surface area contributed by atoms with Crippen LogP contribution in [0.4, 0.5) is 11.4 Å². The fourth-order valence-electron chi connectivity index (χ4n) is 2.82. The molecule has 0 fully saturated rings. The number of fused-ring (bicyclic) bond motifs is 2. The highest BCUT2D eigenvalue weighted by atomic mass is 16.3. The van der Waals surface area contributed by atoms with Gasteiger partial charge in [-0.15, -0.1) is 10.2 Å². The lowest BCUT2D eigenvalue weighted by Gasteiger charge is -2.05. The molecule has 0 saturated heterocycles. The van der Waals surface area contributed by atoms with E-state index in [2.05, 4.69) is 10.2 Å². The molecule has 0 spiro atoms. The minimum absolute atomic E-state index is 0.222. The number of rotatable bonds is 2. The minimum atomic E-state index is 0.222. The zero-order valence-corrected chi connectivity index (χ0v) is 12.7. The highest BCUT2D eigenvalue weighted by Crippen LogP contribution is 2.36. The Labute approximate surface area is 138 Å². The number of aromatic hydroxyl groups is 2. The molecule has 0 radical (unpaired) electrons. The van der Waals surface area contributed by atoms with Crippen LogP contribution in [0.25, 0.3) is 21.5 Å². The second-order valence-corrected chi connectivity index (χ2v) is 5.50. The number of hydrogen-bond donors (Lipinski definition) is 2. The van der Waals surface area contributed by atoms with Gasteiger partial charge in [0.25, 0.3) is 0 Å². The van der Waals surface area contributed by atoms with Crippen LogP contribution in [-0.4, -0.2) is 10.2 Å². The normalized spacial score (nSPS) is 11.5. The largest absolute Gasteiger partial charge is 0.507 e. The summed E-state index contributed by atoms with van der Waals surface area (Å²) in [6.45, 7) is 0. The topological polar surface area (TPSA) is 65.2 Å². The van der Waals surface area contributed by atoms with Crippen molar-refractivity contribution in [2.45, 2.75) is 0 Å². The molecule has 4 nitrogen and oxygen atoms in total. The third-order valence-electron chi connectivity index (χ3n) is 4.02. The van der Waals surface area contributed by atoms with Gasteiger partial charge in [0, 0.05) is 21.5 Å². The lowest BCUT2D eigenvalue weighted by molar-refractivity contribution is 0.481. The highest BCUT2D eigenvalue weighted by molar-refractivity contribution is 5.98. The van der Waals surface area contributed by atoms with Crippen LogP contribution < -0.4 is 0 Å². The number of benzene rings is 4. The summed E-state index contributed by atoms with van der Waals surface area (Å²) < 4.78 is 0. The molecule has 0 atom stereocenters. The summed E-state index contributed by atoms with van der Waals surface area (Å²) in [6.07, 6.45) is 0. The van der Waals surface area contributed by atoms with Crippen LogP contribution in [0.2, 0.25) is 0 Å². The summed E-state index contributed by atoms with van der Waals surface area (Å²) in [5.74, 6) is 0.444. The van der Waals surface area contributed by atoms with Gasteiger partial charge in [-0.05, 0) is 24.3 Å². The molecule has 0 aromatic heterocycles. The van der Waals surface area contributed by atoms with E-state index < -0.39 is 0 Å². The van der Waals surface area contributed by atoms with Crippen molar-refractivity contribution in [3.8, 4) is 11.5 Å². The number of nitrogens with zero attached hydrogens (tertiary/aromatic N) is 2. The van der Waals surface area contributed by atoms with E-state index in [0.29, 0.717) is 11.4 Å². The molecule has 0 aliphatic rings. The van der Waals surface area contributed by atoms with Crippen molar-refractivity contribution < 1.29 is 10.2 Å². The fourth-order valence-corrected chi connectivity index (χ4v) is 2.82. The van der Waals surface area contributed by atoms with Gasteiger partial charge in [-0.3, -0.25) is 0 Å². The van der Waals surface area contributed by atoms with Gasteiger partial charge in [0.1, 0.15) is 11.5 Å². The van der Waals surface area contributed by atoms with Crippen LogP contribution in [0, 0.1) is 0 Å². The molecule has 0 aliphatic heterocycles. The van der Waals surface area contributed by atoms with Gasteiger partial charge < -0.3 is 10.2 Å². The summed E-state index contributed by atoms with van der Waals surface area (Å²) in [7, 11) is 0. The zero-order valence-electron chi connectivity index (χ0n) is 12.7. The third kappa shape index (κ3) is 2.34. The molecular weight excluding hydrogens is 300 g/mol. The van der Waals surface area contributed by atoms with E-state index >= 15 is 0 Å². The van der Waals surface area contributed by atoms with E-state index in [1.165, 1.54) is 0 Å². The number of phenols is 2. The predicted octanol–water partition coefficient (Wildman–Crippen LogP) is 5.82. The molecule has 4 aromatic carbocycles. The fraction of sp³-hybridized carbons (Fsp3) is 0. The Bertz CT molecular complexity index is 1000. The van der Waals surface area contributed by atoms with Crippen molar-refractivity contribution >= 4 is 32.9 Å². The first kappa shape index (κ1) is 14.2. The average molecular weight is 314 g/mol. The Morgan fingerprint density at radius 1 is 0.458 bits per heavy atom. The first-order valence-corrected chi connectivity index (χ1v) is 7.57. The molecule has 4 rings (SSSR count). The molecule has 0 heterocycles. The van der Waals surface area contributed by atoms with Gasteiger partial charge in [0.15, 0.2) is 0 Å². The lowest BCUT2D eigenvalue weighted by atomic mass is 10.1. The molecule has 24 heavy (non-hydrogen) atoms. The minimum Gasteiger partial charge on any atom is -0.507 e. The van der Waals surface area contributed by atoms with Crippen LogP contribution >= 0.6 is 0 Å². The van der Waals surface area contributed by atoms with E-state index in [1.807, 2.05) is 48.5 Å². The summed E-state index contributed by atoms with van der Waals surface area (Å²) in [5, 5.41) is 31.8. The van der Waals surface area contributed by atoms with Crippen molar-refractivity contribution in [1.29, 1.82) is 0 Å². The van der Waals surface area contributed by atoms with Crippen molar-refractivity contribution in [3.63, 3.8) is 0 Å². The van der Waals surface area contributed by atoms with Crippen LogP contribution in [-0.2, 0) is 0 Å². The Kier molecular flexibility index (Phi) is 3.35. The number of hydrogen-bond acceptors (Lipinski definition) is 4. The van der Waals surface area contributed by atoms with E-state index in [1.54, 1.807) is 24.3 Å². The van der Waals surface area contributed by atoms with Crippen LogP contribution in [0.5, 0.6) is 11.5 Å². The smallest absolute Gasteiger partial charge is 0.123 e. The molecule has 0 amide bonds. The van der Waals surface area contributed by atoms with Gasteiger partial charge in [0.05, 0.1) is 11.4 Å². The van der Waals surface area contributed by atoms with Crippen LogP contribution in [0.3, 0.4) is 0 Å². The number of azo groups is 1. The monoisotopic (exact) mass is 314 g/mol. The number of phenolic OH excluding ortho intramolecular Hbond substituents is 2. The summed E-state index contributed by atoms with van der Waals surface area (Å²) in [5.41, 5.74) is 1.36. The highest BCUT2D eigenvalue weighted by Gasteiger charge is 2.06. The summed E-state index contributed by atoms with van der Waals surface area (Å²) >= 11 is 0. The Morgan fingerprint density at radius 3 is 1.25 bits per heavy atom. The Morgan fingerprint density at radius 2 is 0.833 bits per heavy atom. The standard InChI is InChI=1S/C20H14N2O2/c23-19-11-9-17(13-5-1-3-7-15(13)19)21-22-18-10-12-20(24)16-8-4-2-6-14(16)18/h1-12,23-24H. The molecule has 4 aromatic rings. The Balaban J connectivity index is 1.85. The molecular formula is C20H14N2O2. The van der Waals surface area contributed by atoms with E-state index in [4.69, 9.17) is 0 Å². The molecule has 0 unspecified atom stereocenters. The quantitative estimate of drug-likeness (QED) is 0.458. The molecule has 4 heteroatoms. The average Bonchev–Trinajstić information content (AvgIpc) is 2.63. The molecule has 0 bridgehead atoms. The van der Waals surface area contributed by atoms with Gasteiger partial charge in [-0.2, -0.15) is 0 Å². The van der Waals surface area contributed by atoms with Crippen molar-refractivity contribution in [2.75, 3.05) is 0 Å². The van der Waals surface area contributed by atoms with E-state index in [9.17, 15) is 10.2 Å². The Hall–Kier alpha value is -3.40. The van der Waals surface area contributed by atoms with Crippen molar-refractivity contribution in [1.82, 2.24) is 0 Å². The van der Waals surface area contributed by atoms with Gasteiger partial charge >= 0.3 is 0 Å². The first-order chi connectivity index (χ1) is 11.7. The van der Waals surface area contributed by atoms with Crippen molar-refractivity contribution in [3.05, 3.63) is 72.8 Å². The second kappa shape index (κ2) is 5.66.